The summed E-state index contributed by atoms with van der Waals surface area (Å²) in [4.78, 5) is 9.20. The maximum atomic E-state index is 15.6. The van der Waals surface area contributed by atoms with Crippen LogP contribution in [0.5, 0.6) is 0 Å². The van der Waals surface area contributed by atoms with E-state index in [1.165, 1.54) is 6.07 Å². The lowest BCUT2D eigenvalue weighted by Gasteiger charge is -2.33. The van der Waals surface area contributed by atoms with E-state index in [0.29, 0.717) is 62.0 Å². The number of ether oxygens (including phenoxy) is 2. The van der Waals surface area contributed by atoms with Crippen LogP contribution in [-0.4, -0.2) is 72.3 Å². The number of hydrogen-bond acceptors (Lipinski definition) is 8. The van der Waals surface area contributed by atoms with Gasteiger partial charge in [0.05, 0.1) is 65.0 Å². The number of anilines is 4. The zero-order chi connectivity index (χ0) is 30.3. The largest absolute Gasteiger partial charge is 0.378 e. The van der Waals surface area contributed by atoms with Gasteiger partial charge in [0, 0.05) is 55.8 Å². The first-order valence-electron chi connectivity index (χ1n) is 14.3. The molecule has 1 aromatic heterocycles. The van der Waals surface area contributed by atoms with E-state index in [-0.39, 0.29) is 15.8 Å². The van der Waals surface area contributed by atoms with Gasteiger partial charge in [0.25, 0.3) is 0 Å². The van der Waals surface area contributed by atoms with Crippen molar-refractivity contribution in [2.24, 2.45) is 0 Å². The molecule has 6 rings (SSSR count). The lowest BCUT2D eigenvalue weighted by Crippen LogP contribution is -2.37. The summed E-state index contributed by atoms with van der Waals surface area (Å²) in [5.74, 6) is -1.53. The minimum atomic E-state index is -3.64. The van der Waals surface area contributed by atoms with Gasteiger partial charge >= 0.3 is 0 Å². The van der Waals surface area contributed by atoms with Crippen LogP contribution < -0.4 is 15.1 Å². The third-order valence-electron chi connectivity index (χ3n) is 8.00. The molecule has 3 aromatic carbocycles. The molecule has 0 amide bonds. The molecule has 0 radical (unpaired) electrons. The Labute approximate surface area is 250 Å². The summed E-state index contributed by atoms with van der Waals surface area (Å²) in [5, 5.41) is 3.64. The Morgan fingerprint density at radius 3 is 2.21 bits per heavy atom. The molecule has 1 N–H and O–H groups in total. The number of hydrogen-bond donors (Lipinski definition) is 1. The highest BCUT2D eigenvalue weighted by Crippen LogP contribution is 2.42. The van der Waals surface area contributed by atoms with E-state index < -0.39 is 21.5 Å². The number of sulfone groups is 1. The second-order valence-corrected chi connectivity index (χ2v) is 13.0. The molecule has 2 aliphatic rings. The molecule has 0 aliphatic carbocycles. The second kappa shape index (κ2) is 11.7. The van der Waals surface area contributed by atoms with Gasteiger partial charge in [-0.2, -0.15) is 0 Å². The van der Waals surface area contributed by atoms with Gasteiger partial charge in [-0.1, -0.05) is 11.6 Å². The highest BCUT2D eigenvalue weighted by atomic mass is 32.2. The number of nitrogens with zero attached hydrogens (tertiary/aromatic N) is 3. The Kier molecular flexibility index (Phi) is 7.97. The average molecular weight is 609 g/mol. The zero-order valence-electron chi connectivity index (χ0n) is 24.4. The minimum Gasteiger partial charge on any atom is -0.378 e. The standard InChI is InChI=1S/C32H34F2N4O4S/c1-20-4-7-29(43(3,39)40)24(16-20)31-21(2)32(30-25(34)17-22(33)18-27(30)36-31)35-26-19-23(37-8-12-41-13-9-37)5-6-28(26)38-10-14-42-15-11-38/h4-7,16-19H,8-15H2,1-3H3,(H,35,36). The van der Waals surface area contributed by atoms with Gasteiger partial charge in [0.1, 0.15) is 11.6 Å². The highest BCUT2D eigenvalue weighted by Gasteiger charge is 2.24. The maximum absolute atomic E-state index is 15.6. The Balaban J connectivity index is 1.58. The van der Waals surface area contributed by atoms with Gasteiger partial charge in [0.15, 0.2) is 9.84 Å². The van der Waals surface area contributed by atoms with Gasteiger partial charge in [-0.25, -0.2) is 22.2 Å². The van der Waals surface area contributed by atoms with Crippen LogP contribution in [0.1, 0.15) is 11.1 Å². The summed E-state index contributed by atoms with van der Waals surface area (Å²) in [6, 6.07) is 13.2. The van der Waals surface area contributed by atoms with E-state index in [2.05, 4.69) is 32.2 Å². The van der Waals surface area contributed by atoms with Crippen molar-refractivity contribution in [1.29, 1.82) is 0 Å². The predicted octanol–water partition coefficient (Wildman–Crippen LogP) is 5.62. The fraction of sp³-hybridized carbons (Fsp3) is 0.344. The van der Waals surface area contributed by atoms with Crippen LogP contribution in [0, 0.1) is 25.5 Å². The van der Waals surface area contributed by atoms with Crippen LogP contribution in [-0.2, 0) is 19.3 Å². The SMILES string of the molecule is Cc1ccc(S(C)(=O)=O)c(-c2nc3cc(F)cc(F)c3c(Nc3cc(N4CCOCC4)ccc3N3CCOCC3)c2C)c1. The molecule has 2 saturated heterocycles. The third kappa shape index (κ3) is 5.89. The highest BCUT2D eigenvalue weighted by molar-refractivity contribution is 7.90. The molecule has 8 nitrogen and oxygen atoms in total. The number of aromatic nitrogens is 1. The number of nitrogens with one attached hydrogen (secondary N) is 1. The number of halogens is 2. The van der Waals surface area contributed by atoms with Gasteiger partial charge in [-0.05, 0) is 49.7 Å². The predicted molar refractivity (Wildman–Crippen MR) is 165 cm³/mol. The number of benzene rings is 3. The van der Waals surface area contributed by atoms with Gasteiger partial charge < -0.3 is 24.6 Å². The maximum Gasteiger partial charge on any atom is 0.176 e. The Morgan fingerprint density at radius 2 is 1.53 bits per heavy atom. The van der Waals surface area contributed by atoms with Crippen LogP contribution in [0.4, 0.5) is 31.5 Å². The summed E-state index contributed by atoms with van der Waals surface area (Å²) < 4.78 is 66.9. The molecule has 226 valence electrons. The van der Waals surface area contributed by atoms with Crippen LogP contribution in [0.2, 0.25) is 0 Å². The van der Waals surface area contributed by atoms with E-state index in [1.54, 1.807) is 25.1 Å². The first kappa shape index (κ1) is 29.3. The summed E-state index contributed by atoms with van der Waals surface area (Å²) >= 11 is 0. The van der Waals surface area contributed by atoms with Crippen LogP contribution in [0.3, 0.4) is 0 Å². The van der Waals surface area contributed by atoms with E-state index in [1.807, 2.05) is 13.0 Å². The fourth-order valence-corrected chi connectivity index (χ4v) is 6.70. The molecular weight excluding hydrogens is 574 g/mol. The average Bonchev–Trinajstić information content (AvgIpc) is 2.98. The molecule has 0 saturated carbocycles. The molecule has 0 bridgehead atoms. The van der Waals surface area contributed by atoms with E-state index in [9.17, 15) is 12.8 Å². The van der Waals surface area contributed by atoms with Crippen molar-refractivity contribution >= 4 is 43.5 Å². The number of morpholine rings is 2. The van der Waals surface area contributed by atoms with Crippen LogP contribution in [0.25, 0.3) is 22.2 Å². The first-order valence-corrected chi connectivity index (χ1v) is 16.2. The van der Waals surface area contributed by atoms with Gasteiger partial charge in [0.2, 0.25) is 0 Å². The molecule has 0 atom stereocenters. The molecule has 4 aromatic rings. The van der Waals surface area contributed by atoms with E-state index >= 15 is 4.39 Å². The second-order valence-electron chi connectivity index (χ2n) is 11.0. The topological polar surface area (TPSA) is 84.0 Å². The van der Waals surface area contributed by atoms with Gasteiger partial charge in [-0.15, -0.1) is 0 Å². The Morgan fingerprint density at radius 1 is 0.860 bits per heavy atom. The van der Waals surface area contributed by atoms with Crippen molar-refractivity contribution in [3.63, 3.8) is 0 Å². The van der Waals surface area contributed by atoms with Crippen LogP contribution >= 0.6 is 0 Å². The normalized spacial score (nSPS) is 16.1. The number of rotatable bonds is 6. The molecule has 0 unspecified atom stereocenters. The molecule has 2 aliphatic heterocycles. The smallest absolute Gasteiger partial charge is 0.176 e. The fourth-order valence-electron chi connectivity index (χ4n) is 5.83. The van der Waals surface area contributed by atoms with Crippen molar-refractivity contribution < 1.29 is 26.7 Å². The van der Waals surface area contributed by atoms with Gasteiger partial charge in [-0.3, -0.25) is 0 Å². The number of fused-ring (bicyclic) bond motifs is 1. The molecular formula is C32H34F2N4O4S. The van der Waals surface area contributed by atoms with Crippen molar-refractivity contribution in [2.45, 2.75) is 18.7 Å². The van der Waals surface area contributed by atoms with Crippen molar-refractivity contribution in [3.05, 3.63) is 71.3 Å². The molecule has 43 heavy (non-hydrogen) atoms. The lowest BCUT2D eigenvalue weighted by atomic mass is 9.99. The summed E-state index contributed by atoms with van der Waals surface area (Å²) in [6.07, 6.45) is 1.14. The molecule has 3 heterocycles. The van der Waals surface area contributed by atoms with Crippen molar-refractivity contribution in [2.75, 3.05) is 74.0 Å². The zero-order valence-corrected chi connectivity index (χ0v) is 25.2. The molecule has 0 spiro atoms. The number of aryl methyl sites for hydroxylation is 1. The minimum absolute atomic E-state index is 0.0822. The molecule has 2 fully saturated rings. The Hall–Kier alpha value is -3.80. The first-order chi connectivity index (χ1) is 20.6. The quantitative estimate of drug-likeness (QED) is 0.302. The van der Waals surface area contributed by atoms with Crippen molar-refractivity contribution in [1.82, 2.24) is 4.98 Å². The third-order valence-corrected chi connectivity index (χ3v) is 9.16. The summed E-state index contributed by atoms with van der Waals surface area (Å²) in [6.45, 7) is 8.92. The molecule has 11 heteroatoms. The number of pyridine rings is 1. The van der Waals surface area contributed by atoms with Crippen LogP contribution in [0.15, 0.2) is 53.4 Å². The monoisotopic (exact) mass is 608 g/mol. The lowest BCUT2D eigenvalue weighted by molar-refractivity contribution is 0.122. The van der Waals surface area contributed by atoms with E-state index in [0.717, 1.165) is 48.0 Å². The van der Waals surface area contributed by atoms with E-state index in [4.69, 9.17) is 9.47 Å². The van der Waals surface area contributed by atoms with Crippen molar-refractivity contribution in [3.8, 4) is 11.3 Å². The Bertz CT molecular complexity index is 1800. The summed E-state index contributed by atoms with van der Waals surface area (Å²) in [5.41, 5.74) is 5.21. The summed E-state index contributed by atoms with van der Waals surface area (Å²) in [7, 11) is -3.64.